The van der Waals surface area contributed by atoms with Crippen molar-refractivity contribution in [2.45, 2.75) is 32.2 Å². The maximum atomic E-state index is 5.49. The van der Waals surface area contributed by atoms with E-state index in [2.05, 4.69) is 22.4 Å². The Balaban J connectivity index is 2.09. The van der Waals surface area contributed by atoms with Crippen LogP contribution in [0.5, 0.6) is 17.2 Å². The first-order valence-corrected chi connectivity index (χ1v) is 7.89. The van der Waals surface area contributed by atoms with Crippen molar-refractivity contribution < 1.29 is 18.7 Å². The number of hydrogen-bond acceptors (Lipinski definition) is 7. The van der Waals surface area contributed by atoms with Gasteiger partial charge in [0.25, 0.3) is 0 Å². The Bertz CT molecular complexity index is 657. The first-order chi connectivity index (χ1) is 11.6. The van der Waals surface area contributed by atoms with E-state index in [0.29, 0.717) is 47.8 Å². The van der Waals surface area contributed by atoms with E-state index in [9.17, 15) is 0 Å². The Morgan fingerprint density at radius 3 is 2.46 bits per heavy atom. The van der Waals surface area contributed by atoms with Gasteiger partial charge in [0.2, 0.25) is 11.6 Å². The molecule has 0 aliphatic carbocycles. The fourth-order valence-electron chi connectivity index (χ4n) is 2.45. The van der Waals surface area contributed by atoms with Crippen LogP contribution in [-0.2, 0) is 19.3 Å². The molecule has 1 unspecified atom stereocenters. The normalized spacial score (nSPS) is 12.0. The van der Waals surface area contributed by atoms with Crippen LogP contribution < -0.4 is 19.5 Å². The Kier molecular flexibility index (Phi) is 6.43. The summed E-state index contributed by atoms with van der Waals surface area (Å²) in [5, 5.41) is 7.17. The highest BCUT2D eigenvalue weighted by Crippen LogP contribution is 2.40. The molecule has 1 N–H and O–H groups in total. The Morgan fingerprint density at radius 2 is 1.83 bits per heavy atom. The van der Waals surface area contributed by atoms with Gasteiger partial charge in [-0.3, -0.25) is 0 Å². The molecule has 1 aromatic heterocycles. The van der Waals surface area contributed by atoms with Crippen molar-refractivity contribution in [1.82, 2.24) is 15.5 Å². The predicted octanol–water partition coefficient (Wildman–Crippen LogP) is 2.03. The zero-order valence-electron chi connectivity index (χ0n) is 14.9. The first-order valence-electron chi connectivity index (χ1n) is 7.89. The molecule has 0 radical (unpaired) electrons. The van der Waals surface area contributed by atoms with Crippen molar-refractivity contribution in [3.05, 3.63) is 29.4 Å². The van der Waals surface area contributed by atoms with Gasteiger partial charge in [-0.1, -0.05) is 11.2 Å². The molecule has 0 fully saturated rings. The average Bonchev–Trinajstić information content (AvgIpc) is 3.05. The molecule has 132 valence electrons. The summed E-state index contributed by atoms with van der Waals surface area (Å²) in [4.78, 5) is 4.43. The topological polar surface area (TPSA) is 78.6 Å². The van der Waals surface area contributed by atoms with Gasteiger partial charge >= 0.3 is 0 Å². The lowest BCUT2D eigenvalue weighted by atomic mass is 10.1. The number of nitrogens with zero attached hydrogens (tertiary/aromatic N) is 2. The lowest BCUT2D eigenvalue weighted by molar-refractivity contribution is 0.321. The summed E-state index contributed by atoms with van der Waals surface area (Å²) in [6.07, 6.45) is 2.07. The second kappa shape index (κ2) is 8.54. The summed E-state index contributed by atoms with van der Waals surface area (Å²) in [6.45, 7) is 2.07. The SMILES string of the molecule is CNC(C)Cc1noc(CCc2ccc(OC)c(OC)c2OC)n1. The van der Waals surface area contributed by atoms with Gasteiger partial charge in [-0.25, -0.2) is 0 Å². The minimum absolute atomic E-state index is 0.307. The van der Waals surface area contributed by atoms with Gasteiger partial charge in [-0.15, -0.1) is 0 Å². The molecule has 0 saturated carbocycles. The summed E-state index contributed by atoms with van der Waals surface area (Å²) in [5.41, 5.74) is 0.999. The second-order valence-electron chi connectivity index (χ2n) is 5.49. The molecule has 1 heterocycles. The van der Waals surface area contributed by atoms with E-state index < -0.39 is 0 Å². The molecule has 2 aromatic rings. The predicted molar refractivity (Wildman–Crippen MR) is 90.0 cm³/mol. The maximum absolute atomic E-state index is 5.49. The van der Waals surface area contributed by atoms with E-state index in [4.69, 9.17) is 18.7 Å². The number of ether oxygens (including phenoxy) is 3. The van der Waals surface area contributed by atoms with Crippen LogP contribution in [0.25, 0.3) is 0 Å². The average molecular weight is 335 g/mol. The van der Waals surface area contributed by atoms with E-state index in [-0.39, 0.29) is 0 Å². The molecule has 1 aromatic carbocycles. The lowest BCUT2D eigenvalue weighted by Gasteiger charge is -2.15. The summed E-state index contributed by atoms with van der Waals surface area (Å²) in [5.74, 6) is 3.22. The number of likely N-dealkylation sites (N-methyl/N-ethyl adjacent to an activating group) is 1. The van der Waals surface area contributed by atoms with Crippen LogP contribution in [0, 0.1) is 0 Å². The molecule has 7 heteroatoms. The lowest BCUT2D eigenvalue weighted by Crippen LogP contribution is -2.24. The quantitative estimate of drug-likeness (QED) is 0.751. The third-order valence-corrected chi connectivity index (χ3v) is 3.89. The number of hydrogen-bond donors (Lipinski definition) is 1. The molecule has 0 aliphatic heterocycles. The van der Waals surface area contributed by atoms with Crippen molar-refractivity contribution in [2.75, 3.05) is 28.4 Å². The molecule has 2 rings (SSSR count). The van der Waals surface area contributed by atoms with Gasteiger partial charge in [0.1, 0.15) is 0 Å². The number of aromatic nitrogens is 2. The smallest absolute Gasteiger partial charge is 0.226 e. The van der Waals surface area contributed by atoms with Crippen molar-refractivity contribution in [2.24, 2.45) is 0 Å². The Hall–Kier alpha value is -2.28. The minimum atomic E-state index is 0.307. The number of benzene rings is 1. The summed E-state index contributed by atoms with van der Waals surface area (Å²) < 4.78 is 21.5. The van der Waals surface area contributed by atoms with Crippen LogP contribution in [0.2, 0.25) is 0 Å². The zero-order chi connectivity index (χ0) is 17.5. The molecule has 7 nitrogen and oxygen atoms in total. The molecule has 0 bridgehead atoms. The fourth-order valence-corrected chi connectivity index (χ4v) is 2.45. The summed E-state index contributed by atoms with van der Waals surface area (Å²) in [6, 6.07) is 4.13. The van der Waals surface area contributed by atoms with Crippen LogP contribution in [-0.4, -0.2) is 44.6 Å². The zero-order valence-corrected chi connectivity index (χ0v) is 14.9. The van der Waals surface area contributed by atoms with E-state index in [0.717, 1.165) is 12.0 Å². The molecular weight excluding hydrogens is 310 g/mol. The second-order valence-corrected chi connectivity index (χ2v) is 5.49. The highest BCUT2D eigenvalue weighted by Gasteiger charge is 2.17. The number of methoxy groups -OCH3 is 3. The van der Waals surface area contributed by atoms with Crippen LogP contribution in [0.1, 0.15) is 24.2 Å². The molecule has 0 aliphatic rings. The van der Waals surface area contributed by atoms with Gasteiger partial charge in [0, 0.05) is 18.9 Å². The number of rotatable bonds is 9. The van der Waals surface area contributed by atoms with E-state index >= 15 is 0 Å². The van der Waals surface area contributed by atoms with Crippen LogP contribution in [0.15, 0.2) is 16.7 Å². The summed E-state index contributed by atoms with van der Waals surface area (Å²) in [7, 11) is 6.72. The Labute approximate surface area is 142 Å². The van der Waals surface area contributed by atoms with Gasteiger partial charge in [-0.05, 0) is 32.0 Å². The van der Waals surface area contributed by atoms with Crippen LogP contribution in [0.4, 0.5) is 0 Å². The van der Waals surface area contributed by atoms with Crippen LogP contribution >= 0.6 is 0 Å². The van der Waals surface area contributed by atoms with Crippen molar-refractivity contribution in [3.8, 4) is 17.2 Å². The summed E-state index contributed by atoms with van der Waals surface area (Å²) >= 11 is 0. The fraction of sp³-hybridized carbons (Fsp3) is 0.529. The third-order valence-electron chi connectivity index (χ3n) is 3.89. The third kappa shape index (κ3) is 4.17. The van der Waals surface area contributed by atoms with E-state index in [1.165, 1.54) is 0 Å². The molecule has 24 heavy (non-hydrogen) atoms. The molecule has 1 atom stereocenters. The van der Waals surface area contributed by atoms with E-state index in [1.807, 2.05) is 19.2 Å². The van der Waals surface area contributed by atoms with Crippen LogP contribution in [0.3, 0.4) is 0 Å². The minimum Gasteiger partial charge on any atom is -0.493 e. The molecule has 0 amide bonds. The maximum Gasteiger partial charge on any atom is 0.226 e. The van der Waals surface area contributed by atoms with E-state index in [1.54, 1.807) is 21.3 Å². The highest BCUT2D eigenvalue weighted by atomic mass is 16.5. The Morgan fingerprint density at radius 1 is 1.08 bits per heavy atom. The van der Waals surface area contributed by atoms with Crippen molar-refractivity contribution in [3.63, 3.8) is 0 Å². The molecule has 0 saturated heterocycles. The standard InChI is InChI=1S/C17H25N3O4/c1-11(18-2)10-14-19-15(24-20-14)9-7-12-6-8-13(21-3)17(23-5)16(12)22-4/h6,8,11,18H,7,9-10H2,1-5H3. The monoisotopic (exact) mass is 335 g/mol. The number of nitrogens with one attached hydrogen (secondary N) is 1. The first kappa shape index (κ1) is 18.1. The highest BCUT2D eigenvalue weighted by molar-refractivity contribution is 5.55. The van der Waals surface area contributed by atoms with Crippen molar-refractivity contribution in [1.29, 1.82) is 0 Å². The van der Waals surface area contributed by atoms with Gasteiger partial charge in [0.05, 0.1) is 21.3 Å². The van der Waals surface area contributed by atoms with Gasteiger partial charge in [-0.2, -0.15) is 4.98 Å². The largest absolute Gasteiger partial charge is 0.493 e. The van der Waals surface area contributed by atoms with Gasteiger partial charge < -0.3 is 24.1 Å². The molecule has 0 spiro atoms. The number of aryl methyl sites for hydroxylation is 2. The van der Waals surface area contributed by atoms with Crippen molar-refractivity contribution >= 4 is 0 Å². The van der Waals surface area contributed by atoms with Gasteiger partial charge in [0.15, 0.2) is 17.3 Å². The molecular formula is C17H25N3O4.